The fraction of sp³-hybridized carbons (Fsp3) is 0.231. The minimum atomic E-state index is 0.213. The molecule has 0 fully saturated rings. The van der Waals surface area contributed by atoms with E-state index in [1.54, 1.807) is 16.8 Å². The summed E-state index contributed by atoms with van der Waals surface area (Å²) < 4.78 is 12.2. The normalized spacial score (nSPS) is 12.7. The number of aromatic nitrogens is 2. The SMILES string of the molecule is CCn1nc(-c2ccc3c(c2)OCO3)c(C=O)c1N. The Hall–Kier alpha value is -2.50. The first-order valence-electron chi connectivity index (χ1n) is 5.96. The lowest BCUT2D eigenvalue weighted by atomic mass is 10.1. The van der Waals surface area contributed by atoms with Gasteiger partial charge in [0.25, 0.3) is 0 Å². The Morgan fingerprint density at radius 1 is 1.42 bits per heavy atom. The number of benzene rings is 1. The Morgan fingerprint density at radius 2 is 2.21 bits per heavy atom. The molecule has 2 heterocycles. The molecular weight excluding hydrogens is 246 g/mol. The van der Waals surface area contributed by atoms with E-state index in [0.29, 0.717) is 35.1 Å². The lowest BCUT2D eigenvalue weighted by Crippen LogP contribution is -2.02. The maximum Gasteiger partial charge on any atom is 0.231 e. The van der Waals surface area contributed by atoms with Crippen LogP contribution in [0.15, 0.2) is 18.2 Å². The Balaban J connectivity index is 2.14. The maximum absolute atomic E-state index is 11.2. The maximum atomic E-state index is 11.2. The molecule has 0 saturated heterocycles. The van der Waals surface area contributed by atoms with E-state index in [0.717, 1.165) is 11.8 Å². The monoisotopic (exact) mass is 259 g/mol. The number of ether oxygens (including phenoxy) is 2. The third kappa shape index (κ3) is 1.72. The number of aryl methyl sites for hydroxylation is 1. The number of rotatable bonds is 3. The molecule has 1 aromatic carbocycles. The zero-order valence-electron chi connectivity index (χ0n) is 10.4. The number of aldehydes is 1. The summed E-state index contributed by atoms with van der Waals surface area (Å²) in [6, 6.07) is 5.44. The molecule has 0 saturated carbocycles. The highest BCUT2D eigenvalue weighted by atomic mass is 16.7. The van der Waals surface area contributed by atoms with Crippen molar-refractivity contribution in [3.05, 3.63) is 23.8 Å². The van der Waals surface area contributed by atoms with Crippen molar-refractivity contribution in [1.29, 1.82) is 0 Å². The predicted molar refractivity (Wildman–Crippen MR) is 69.3 cm³/mol. The Morgan fingerprint density at radius 3 is 2.95 bits per heavy atom. The van der Waals surface area contributed by atoms with Gasteiger partial charge in [-0.25, -0.2) is 4.68 Å². The van der Waals surface area contributed by atoms with Crippen molar-refractivity contribution in [2.24, 2.45) is 0 Å². The van der Waals surface area contributed by atoms with Crippen molar-refractivity contribution in [3.8, 4) is 22.8 Å². The van der Waals surface area contributed by atoms with Crippen LogP contribution >= 0.6 is 0 Å². The van der Waals surface area contributed by atoms with Gasteiger partial charge in [0.2, 0.25) is 6.79 Å². The zero-order valence-corrected chi connectivity index (χ0v) is 10.4. The van der Waals surface area contributed by atoms with Gasteiger partial charge in [0.1, 0.15) is 11.5 Å². The highest BCUT2D eigenvalue weighted by Crippen LogP contribution is 2.36. The van der Waals surface area contributed by atoms with E-state index in [4.69, 9.17) is 15.2 Å². The second-order valence-electron chi connectivity index (χ2n) is 4.15. The molecule has 0 unspecified atom stereocenters. The van der Waals surface area contributed by atoms with Gasteiger partial charge in [0.15, 0.2) is 17.8 Å². The van der Waals surface area contributed by atoms with E-state index in [-0.39, 0.29) is 6.79 Å². The average molecular weight is 259 g/mol. The Labute approximate surface area is 109 Å². The van der Waals surface area contributed by atoms with Crippen LogP contribution in [0.3, 0.4) is 0 Å². The van der Waals surface area contributed by atoms with Gasteiger partial charge in [-0.1, -0.05) is 0 Å². The summed E-state index contributed by atoms with van der Waals surface area (Å²) >= 11 is 0. The van der Waals surface area contributed by atoms with Crippen molar-refractivity contribution >= 4 is 12.1 Å². The van der Waals surface area contributed by atoms with Gasteiger partial charge in [0.05, 0.1) is 5.56 Å². The summed E-state index contributed by atoms with van der Waals surface area (Å²) in [5.41, 5.74) is 7.64. The van der Waals surface area contributed by atoms with Crippen LogP contribution in [0.25, 0.3) is 11.3 Å². The molecule has 0 atom stereocenters. The Bertz CT molecular complexity index is 649. The van der Waals surface area contributed by atoms with Crippen molar-refractivity contribution < 1.29 is 14.3 Å². The molecule has 2 aromatic rings. The first-order valence-corrected chi connectivity index (χ1v) is 5.96. The summed E-state index contributed by atoms with van der Waals surface area (Å²) in [6.07, 6.45) is 0.731. The lowest BCUT2D eigenvalue weighted by Gasteiger charge is -2.00. The standard InChI is InChI=1S/C13H13N3O3/c1-2-16-13(14)9(6-17)12(15-16)8-3-4-10-11(5-8)19-7-18-10/h3-6H,2,7,14H2,1H3. The molecule has 0 spiro atoms. The van der Waals surface area contributed by atoms with Crippen molar-refractivity contribution in [3.63, 3.8) is 0 Å². The number of anilines is 1. The number of carbonyl (C=O) groups excluding carboxylic acids is 1. The minimum absolute atomic E-state index is 0.213. The molecule has 6 heteroatoms. The van der Waals surface area contributed by atoms with E-state index in [1.807, 2.05) is 13.0 Å². The van der Waals surface area contributed by atoms with Gasteiger partial charge in [-0.05, 0) is 25.1 Å². The van der Waals surface area contributed by atoms with Crippen molar-refractivity contribution in [1.82, 2.24) is 9.78 Å². The second-order valence-corrected chi connectivity index (χ2v) is 4.15. The van der Waals surface area contributed by atoms with E-state index in [1.165, 1.54) is 0 Å². The fourth-order valence-electron chi connectivity index (χ4n) is 2.10. The zero-order chi connectivity index (χ0) is 13.4. The highest BCUT2D eigenvalue weighted by molar-refractivity contribution is 5.91. The van der Waals surface area contributed by atoms with Gasteiger partial charge in [0, 0.05) is 12.1 Å². The molecule has 3 rings (SSSR count). The summed E-state index contributed by atoms with van der Waals surface area (Å²) in [7, 11) is 0. The summed E-state index contributed by atoms with van der Waals surface area (Å²) in [4.78, 5) is 11.2. The van der Waals surface area contributed by atoms with Crippen LogP contribution in [0.1, 0.15) is 17.3 Å². The van der Waals surface area contributed by atoms with Gasteiger partial charge >= 0.3 is 0 Å². The van der Waals surface area contributed by atoms with Gasteiger partial charge < -0.3 is 15.2 Å². The predicted octanol–water partition coefficient (Wildman–Crippen LogP) is 1.69. The quantitative estimate of drug-likeness (QED) is 0.848. The molecule has 6 nitrogen and oxygen atoms in total. The summed E-state index contributed by atoms with van der Waals surface area (Å²) in [5.74, 6) is 1.73. The van der Waals surface area contributed by atoms with Crippen LogP contribution < -0.4 is 15.2 Å². The molecule has 0 bridgehead atoms. The third-order valence-corrected chi connectivity index (χ3v) is 3.09. The average Bonchev–Trinajstić information content (AvgIpc) is 3.01. The largest absolute Gasteiger partial charge is 0.454 e. The molecule has 19 heavy (non-hydrogen) atoms. The van der Waals surface area contributed by atoms with Crippen molar-refractivity contribution in [2.75, 3.05) is 12.5 Å². The topological polar surface area (TPSA) is 79.4 Å². The first kappa shape index (κ1) is 11.6. The smallest absolute Gasteiger partial charge is 0.231 e. The molecular formula is C13H13N3O3. The molecule has 1 aliphatic heterocycles. The number of hydrogen-bond acceptors (Lipinski definition) is 5. The van der Waals surface area contributed by atoms with Gasteiger partial charge in [-0.15, -0.1) is 0 Å². The van der Waals surface area contributed by atoms with Gasteiger partial charge in [-0.2, -0.15) is 5.10 Å². The number of fused-ring (bicyclic) bond motifs is 1. The molecule has 0 radical (unpaired) electrons. The summed E-state index contributed by atoms with van der Waals surface area (Å²) in [5, 5.41) is 4.36. The molecule has 1 aliphatic rings. The lowest BCUT2D eigenvalue weighted by molar-refractivity contribution is 0.112. The number of nitrogen functional groups attached to an aromatic ring is 1. The van der Waals surface area contributed by atoms with Crippen LogP contribution in [0.5, 0.6) is 11.5 Å². The number of hydrogen-bond donors (Lipinski definition) is 1. The molecule has 0 aliphatic carbocycles. The van der Waals surface area contributed by atoms with Crippen LogP contribution in [0.2, 0.25) is 0 Å². The van der Waals surface area contributed by atoms with E-state index in [2.05, 4.69) is 5.10 Å². The highest BCUT2D eigenvalue weighted by Gasteiger charge is 2.19. The van der Waals surface area contributed by atoms with Crippen LogP contribution in [-0.2, 0) is 6.54 Å². The van der Waals surface area contributed by atoms with E-state index >= 15 is 0 Å². The minimum Gasteiger partial charge on any atom is -0.454 e. The van der Waals surface area contributed by atoms with Crippen LogP contribution in [-0.4, -0.2) is 22.9 Å². The van der Waals surface area contributed by atoms with Crippen LogP contribution in [0, 0.1) is 0 Å². The number of nitrogens with zero attached hydrogens (tertiary/aromatic N) is 2. The molecule has 0 amide bonds. The number of nitrogens with two attached hydrogens (primary N) is 1. The molecule has 98 valence electrons. The Kier molecular flexibility index (Phi) is 2.63. The fourth-order valence-corrected chi connectivity index (χ4v) is 2.10. The van der Waals surface area contributed by atoms with E-state index < -0.39 is 0 Å². The molecule has 1 aromatic heterocycles. The summed E-state index contributed by atoms with van der Waals surface area (Å²) in [6.45, 7) is 2.74. The first-order chi connectivity index (χ1) is 9.24. The van der Waals surface area contributed by atoms with Gasteiger partial charge in [-0.3, -0.25) is 4.79 Å². The van der Waals surface area contributed by atoms with Crippen LogP contribution in [0.4, 0.5) is 5.82 Å². The third-order valence-electron chi connectivity index (χ3n) is 3.09. The second kappa shape index (κ2) is 4.31. The molecule has 2 N–H and O–H groups in total. The van der Waals surface area contributed by atoms with Crippen molar-refractivity contribution in [2.45, 2.75) is 13.5 Å². The van der Waals surface area contributed by atoms with E-state index in [9.17, 15) is 4.79 Å². The number of carbonyl (C=O) groups is 1.